The van der Waals surface area contributed by atoms with Crippen LogP contribution in [0.15, 0.2) is 36.7 Å². The lowest BCUT2D eigenvalue weighted by atomic mass is 10.1. The third kappa shape index (κ3) is 2.42. The number of benzene rings is 1. The van der Waals surface area contributed by atoms with Crippen LogP contribution in [0, 0.1) is 0 Å². The zero-order chi connectivity index (χ0) is 16.0. The molecule has 1 aliphatic rings. The van der Waals surface area contributed by atoms with Crippen molar-refractivity contribution in [1.82, 2.24) is 15.0 Å². The number of aromatic nitrogens is 3. The van der Waals surface area contributed by atoms with Gasteiger partial charge in [0.15, 0.2) is 0 Å². The fourth-order valence-corrected chi connectivity index (χ4v) is 3.08. The number of nitrogens with zero attached hydrogens (tertiary/aromatic N) is 2. The van der Waals surface area contributed by atoms with Gasteiger partial charge in [-0.15, -0.1) is 0 Å². The molecule has 1 unspecified atom stereocenters. The third-order valence-electron chi connectivity index (χ3n) is 4.17. The minimum atomic E-state index is -4.43. The molecule has 0 spiro atoms. The zero-order valence-electron chi connectivity index (χ0n) is 12.0. The van der Waals surface area contributed by atoms with Gasteiger partial charge in [0.05, 0.1) is 11.4 Å². The number of aryl methyl sites for hydroxylation is 1. The van der Waals surface area contributed by atoms with E-state index in [0.717, 1.165) is 18.9 Å². The average molecular weight is 318 g/mol. The topological polar surface area (TPSA) is 53.6 Å². The second-order valence-electron chi connectivity index (χ2n) is 5.60. The Morgan fingerprint density at radius 2 is 2.00 bits per heavy atom. The Hall–Kier alpha value is -2.57. The number of hydrogen-bond acceptors (Lipinski definition) is 3. The minimum absolute atomic E-state index is 0.0496. The van der Waals surface area contributed by atoms with E-state index in [9.17, 15) is 13.2 Å². The third-order valence-corrected chi connectivity index (χ3v) is 4.17. The standard InChI is InChI=1S/C16H13F3N4/c17-16(18,19)13-7-11-14(20-8-21-15(11)23-13)22-12-6-5-9-3-1-2-4-10(9)12/h1-4,7-8,12H,5-6H2,(H2,20,21,22,23). The molecule has 3 aromatic rings. The first kappa shape index (κ1) is 14.0. The number of fused-ring (bicyclic) bond motifs is 2. The van der Waals surface area contributed by atoms with Crippen LogP contribution in [0.5, 0.6) is 0 Å². The van der Waals surface area contributed by atoms with Gasteiger partial charge in [0.25, 0.3) is 0 Å². The zero-order valence-corrected chi connectivity index (χ0v) is 12.0. The lowest BCUT2D eigenvalue weighted by molar-refractivity contribution is -0.140. The first-order chi connectivity index (χ1) is 11.0. The van der Waals surface area contributed by atoms with Gasteiger partial charge < -0.3 is 10.3 Å². The van der Waals surface area contributed by atoms with Crippen molar-refractivity contribution < 1.29 is 13.2 Å². The van der Waals surface area contributed by atoms with Crippen molar-refractivity contribution >= 4 is 16.9 Å². The molecule has 2 heterocycles. The van der Waals surface area contributed by atoms with Crippen molar-refractivity contribution in [3.8, 4) is 0 Å². The van der Waals surface area contributed by atoms with E-state index in [4.69, 9.17) is 0 Å². The molecule has 118 valence electrons. The summed E-state index contributed by atoms with van der Waals surface area (Å²) in [4.78, 5) is 10.3. The van der Waals surface area contributed by atoms with Crippen LogP contribution in [-0.4, -0.2) is 15.0 Å². The number of alkyl halides is 3. The summed E-state index contributed by atoms with van der Waals surface area (Å²) < 4.78 is 38.6. The van der Waals surface area contributed by atoms with Crippen molar-refractivity contribution in [3.05, 3.63) is 53.5 Å². The fourth-order valence-electron chi connectivity index (χ4n) is 3.08. The van der Waals surface area contributed by atoms with E-state index in [1.807, 2.05) is 18.2 Å². The maximum absolute atomic E-state index is 12.9. The van der Waals surface area contributed by atoms with Gasteiger partial charge in [-0.2, -0.15) is 13.2 Å². The van der Waals surface area contributed by atoms with Crippen LogP contribution in [0.2, 0.25) is 0 Å². The summed E-state index contributed by atoms with van der Waals surface area (Å²) in [7, 11) is 0. The normalized spacial score (nSPS) is 17.4. The van der Waals surface area contributed by atoms with Crippen LogP contribution in [0.4, 0.5) is 19.0 Å². The highest BCUT2D eigenvalue weighted by Gasteiger charge is 2.33. The van der Waals surface area contributed by atoms with E-state index in [-0.39, 0.29) is 11.7 Å². The summed E-state index contributed by atoms with van der Waals surface area (Å²) in [6.07, 6.45) is -1.33. The largest absolute Gasteiger partial charge is 0.431 e. The highest BCUT2D eigenvalue weighted by Crippen LogP contribution is 2.36. The summed E-state index contributed by atoms with van der Waals surface area (Å²) in [5.41, 5.74) is 1.80. The van der Waals surface area contributed by atoms with Crippen molar-refractivity contribution in [2.45, 2.75) is 25.1 Å². The summed E-state index contributed by atoms with van der Waals surface area (Å²) in [6, 6.07) is 9.17. The van der Waals surface area contributed by atoms with Crippen LogP contribution in [0.25, 0.3) is 11.0 Å². The molecule has 23 heavy (non-hydrogen) atoms. The molecule has 0 aliphatic heterocycles. The van der Waals surface area contributed by atoms with Crippen LogP contribution >= 0.6 is 0 Å². The highest BCUT2D eigenvalue weighted by molar-refractivity contribution is 5.88. The molecule has 0 saturated carbocycles. The summed E-state index contributed by atoms with van der Waals surface area (Å²) in [5.74, 6) is 0.420. The highest BCUT2D eigenvalue weighted by atomic mass is 19.4. The van der Waals surface area contributed by atoms with E-state index in [2.05, 4.69) is 26.3 Å². The van der Waals surface area contributed by atoms with Crippen molar-refractivity contribution in [2.75, 3.05) is 5.32 Å². The number of H-pyrrole nitrogens is 1. The minimum Gasteiger partial charge on any atom is -0.363 e. The Kier molecular flexibility index (Phi) is 3.04. The molecular weight excluding hydrogens is 305 g/mol. The Bertz CT molecular complexity index is 869. The summed E-state index contributed by atoms with van der Waals surface area (Å²) >= 11 is 0. The number of aromatic amines is 1. The molecule has 0 bridgehead atoms. The first-order valence-corrected chi connectivity index (χ1v) is 7.27. The van der Waals surface area contributed by atoms with Crippen LogP contribution in [0.1, 0.15) is 29.3 Å². The summed E-state index contributed by atoms with van der Waals surface area (Å²) in [6.45, 7) is 0. The van der Waals surface area contributed by atoms with Crippen molar-refractivity contribution in [3.63, 3.8) is 0 Å². The van der Waals surface area contributed by atoms with E-state index < -0.39 is 11.9 Å². The maximum Gasteiger partial charge on any atom is 0.431 e. The van der Waals surface area contributed by atoms with Gasteiger partial charge in [-0.3, -0.25) is 0 Å². The van der Waals surface area contributed by atoms with Crippen LogP contribution in [-0.2, 0) is 12.6 Å². The molecule has 1 aliphatic carbocycles. The van der Waals surface area contributed by atoms with Gasteiger partial charge in [0.2, 0.25) is 0 Å². The lowest BCUT2D eigenvalue weighted by Gasteiger charge is -2.15. The van der Waals surface area contributed by atoms with Crippen LogP contribution < -0.4 is 5.32 Å². The molecule has 7 heteroatoms. The second-order valence-corrected chi connectivity index (χ2v) is 5.60. The average Bonchev–Trinajstić information content (AvgIpc) is 3.12. The number of nitrogens with one attached hydrogen (secondary N) is 2. The number of rotatable bonds is 2. The van der Waals surface area contributed by atoms with Gasteiger partial charge in [-0.25, -0.2) is 9.97 Å². The molecular formula is C16H13F3N4. The SMILES string of the molecule is FC(F)(F)c1cc2c(NC3CCc4ccccc43)ncnc2[nH]1. The Labute approximate surface area is 129 Å². The molecule has 0 fully saturated rings. The van der Waals surface area contributed by atoms with Crippen molar-refractivity contribution in [2.24, 2.45) is 0 Å². The van der Waals surface area contributed by atoms with Gasteiger partial charge in [-0.1, -0.05) is 24.3 Å². The molecule has 0 radical (unpaired) electrons. The number of hydrogen-bond donors (Lipinski definition) is 2. The molecule has 4 nitrogen and oxygen atoms in total. The second kappa shape index (κ2) is 4.97. The quantitative estimate of drug-likeness (QED) is 0.749. The molecule has 1 atom stereocenters. The van der Waals surface area contributed by atoms with E-state index in [1.165, 1.54) is 17.5 Å². The maximum atomic E-state index is 12.9. The van der Waals surface area contributed by atoms with Crippen LogP contribution in [0.3, 0.4) is 0 Å². The van der Waals surface area contributed by atoms with E-state index in [0.29, 0.717) is 11.2 Å². The molecule has 0 saturated heterocycles. The Balaban J connectivity index is 1.71. The molecule has 1 aromatic carbocycles. The van der Waals surface area contributed by atoms with Gasteiger partial charge in [0, 0.05) is 0 Å². The number of halogens is 3. The number of anilines is 1. The Morgan fingerprint density at radius 3 is 2.83 bits per heavy atom. The summed E-state index contributed by atoms with van der Waals surface area (Å²) in [5, 5.41) is 3.62. The Morgan fingerprint density at radius 1 is 1.17 bits per heavy atom. The predicted octanol–water partition coefficient (Wildman–Crippen LogP) is 4.08. The van der Waals surface area contributed by atoms with Crippen molar-refractivity contribution in [1.29, 1.82) is 0 Å². The molecule has 4 rings (SSSR count). The van der Waals surface area contributed by atoms with E-state index in [1.54, 1.807) is 0 Å². The lowest BCUT2D eigenvalue weighted by Crippen LogP contribution is -2.08. The fraction of sp³-hybridized carbons (Fsp3) is 0.250. The van der Waals surface area contributed by atoms with E-state index >= 15 is 0 Å². The monoisotopic (exact) mass is 318 g/mol. The predicted molar refractivity (Wildman–Crippen MR) is 80.0 cm³/mol. The van der Waals surface area contributed by atoms with Gasteiger partial charge in [-0.05, 0) is 30.0 Å². The smallest absolute Gasteiger partial charge is 0.363 e. The van der Waals surface area contributed by atoms with Gasteiger partial charge in [0.1, 0.15) is 23.5 Å². The first-order valence-electron chi connectivity index (χ1n) is 7.27. The molecule has 2 N–H and O–H groups in total. The molecule has 2 aromatic heterocycles. The van der Waals surface area contributed by atoms with Gasteiger partial charge >= 0.3 is 6.18 Å². The molecule has 0 amide bonds.